The van der Waals surface area contributed by atoms with Crippen LogP contribution in [0.2, 0.25) is 0 Å². The number of hydrogen-bond donors (Lipinski definition) is 1. The fourth-order valence-corrected chi connectivity index (χ4v) is 6.35. The summed E-state index contributed by atoms with van der Waals surface area (Å²) in [5.41, 5.74) is 1.06. The van der Waals surface area contributed by atoms with Crippen LogP contribution in [-0.4, -0.2) is 34.1 Å². The number of amides is 1. The molecule has 0 spiro atoms. The van der Waals surface area contributed by atoms with Crippen molar-refractivity contribution in [3.8, 4) is 5.75 Å². The third-order valence-corrected chi connectivity index (χ3v) is 8.49. The van der Waals surface area contributed by atoms with Crippen LogP contribution < -0.4 is 9.64 Å². The van der Waals surface area contributed by atoms with Crippen LogP contribution in [0.15, 0.2) is 81.7 Å². The Balaban J connectivity index is 1.51. The van der Waals surface area contributed by atoms with E-state index in [1.807, 2.05) is 0 Å². The Morgan fingerprint density at radius 1 is 1.17 bits per heavy atom. The standard InChI is InChI=1S/C25H18FN3O4S3/c1-33-16-8-4-7-14(12-16)20-19(21(30)18-10-5-11-34-18)22(31)23(32)29(20)24-27-28-25(36-24)35-13-15-6-2-3-9-17(15)26/h2-12,20,31H,13H2,1H3. The Bertz CT molecular complexity index is 1470. The molecule has 1 amide bonds. The SMILES string of the molecule is COc1cccc(C2C(C(=O)c3cccs3)=C(O)C(=O)N2c2nnc(SCc3ccccc3F)s2)c1. The summed E-state index contributed by atoms with van der Waals surface area (Å²) in [6.07, 6.45) is 0. The van der Waals surface area contributed by atoms with Gasteiger partial charge in [0.1, 0.15) is 11.6 Å². The Hall–Kier alpha value is -3.54. The predicted molar refractivity (Wildman–Crippen MR) is 137 cm³/mol. The summed E-state index contributed by atoms with van der Waals surface area (Å²) in [5, 5.41) is 21.2. The molecule has 1 aliphatic heterocycles. The van der Waals surface area contributed by atoms with E-state index in [4.69, 9.17) is 4.74 Å². The van der Waals surface area contributed by atoms with Crippen molar-refractivity contribution in [3.05, 3.63) is 99.2 Å². The molecule has 2 aromatic heterocycles. The zero-order valence-electron chi connectivity index (χ0n) is 18.8. The van der Waals surface area contributed by atoms with Crippen molar-refractivity contribution in [1.29, 1.82) is 0 Å². The van der Waals surface area contributed by atoms with Crippen LogP contribution in [0.5, 0.6) is 5.75 Å². The predicted octanol–water partition coefficient (Wildman–Crippen LogP) is 5.82. The molecule has 0 saturated heterocycles. The van der Waals surface area contributed by atoms with Crippen LogP contribution in [-0.2, 0) is 10.5 Å². The quantitative estimate of drug-likeness (QED) is 0.171. The second-order valence-electron chi connectivity index (χ2n) is 7.65. The smallest absolute Gasteiger partial charge is 0.296 e. The van der Waals surface area contributed by atoms with E-state index in [1.165, 1.54) is 41.2 Å². The molecule has 36 heavy (non-hydrogen) atoms. The van der Waals surface area contributed by atoms with E-state index in [0.717, 1.165) is 11.3 Å². The van der Waals surface area contributed by atoms with E-state index in [1.54, 1.807) is 60.0 Å². The zero-order chi connectivity index (χ0) is 25.2. The number of ketones is 1. The number of methoxy groups -OCH3 is 1. The highest BCUT2D eigenvalue weighted by Crippen LogP contribution is 2.44. The van der Waals surface area contributed by atoms with Gasteiger partial charge in [0.15, 0.2) is 10.1 Å². The van der Waals surface area contributed by atoms with Crippen molar-refractivity contribution in [1.82, 2.24) is 10.2 Å². The van der Waals surface area contributed by atoms with Crippen molar-refractivity contribution in [2.75, 3.05) is 12.0 Å². The lowest BCUT2D eigenvalue weighted by atomic mass is 9.95. The van der Waals surface area contributed by atoms with E-state index in [0.29, 0.717) is 31.8 Å². The molecule has 0 saturated carbocycles. The number of ether oxygens (including phenoxy) is 1. The topological polar surface area (TPSA) is 92.6 Å². The number of anilines is 1. The number of carbonyl (C=O) groups excluding carboxylic acids is 2. The number of thioether (sulfide) groups is 1. The van der Waals surface area contributed by atoms with Crippen LogP contribution in [0.1, 0.15) is 26.8 Å². The normalized spacial score (nSPS) is 15.6. The Kier molecular flexibility index (Phi) is 6.86. The summed E-state index contributed by atoms with van der Waals surface area (Å²) in [5.74, 6) is -1.26. The second kappa shape index (κ2) is 10.2. The molecule has 1 aliphatic rings. The van der Waals surface area contributed by atoms with E-state index in [9.17, 15) is 19.1 Å². The van der Waals surface area contributed by atoms with Gasteiger partial charge in [-0.05, 0) is 40.8 Å². The van der Waals surface area contributed by atoms with Gasteiger partial charge < -0.3 is 9.84 Å². The molecule has 1 unspecified atom stereocenters. The lowest BCUT2D eigenvalue weighted by Gasteiger charge is -2.24. The molecule has 182 valence electrons. The van der Waals surface area contributed by atoms with E-state index < -0.39 is 23.5 Å². The molecular weight excluding hydrogens is 521 g/mol. The van der Waals surface area contributed by atoms with Gasteiger partial charge in [0.25, 0.3) is 5.91 Å². The van der Waals surface area contributed by atoms with Crippen molar-refractivity contribution in [3.63, 3.8) is 0 Å². The van der Waals surface area contributed by atoms with Crippen molar-refractivity contribution >= 4 is 51.3 Å². The minimum atomic E-state index is -0.931. The first kappa shape index (κ1) is 24.2. The van der Waals surface area contributed by atoms with Gasteiger partial charge in [-0.15, -0.1) is 21.5 Å². The molecule has 11 heteroatoms. The van der Waals surface area contributed by atoms with Gasteiger partial charge in [0.05, 0.1) is 23.6 Å². The second-order valence-corrected chi connectivity index (χ2v) is 10.8. The van der Waals surface area contributed by atoms with Gasteiger partial charge >= 0.3 is 0 Å². The third kappa shape index (κ3) is 4.52. The summed E-state index contributed by atoms with van der Waals surface area (Å²) in [6.45, 7) is 0. The maximum absolute atomic E-state index is 14.0. The Morgan fingerprint density at radius 3 is 2.75 bits per heavy atom. The largest absolute Gasteiger partial charge is 0.503 e. The average Bonchev–Trinajstić information content (AvgIpc) is 3.64. The fraction of sp³-hybridized carbons (Fsp3) is 0.120. The number of nitrogens with zero attached hydrogens (tertiary/aromatic N) is 3. The van der Waals surface area contributed by atoms with Crippen LogP contribution in [0.4, 0.5) is 9.52 Å². The number of rotatable bonds is 8. The van der Waals surface area contributed by atoms with Crippen molar-refractivity contribution < 1.29 is 23.8 Å². The minimum absolute atomic E-state index is 0.0357. The van der Waals surface area contributed by atoms with Crippen LogP contribution >= 0.6 is 34.4 Å². The van der Waals surface area contributed by atoms with Crippen molar-refractivity contribution in [2.45, 2.75) is 16.1 Å². The molecule has 3 heterocycles. The zero-order valence-corrected chi connectivity index (χ0v) is 21.2. The molecule has 1 atom stereocenters. The summed E-state index contributed by atoms with van der Waals surface area (Å²) >= 11 is 3.63. The number of aliphatic hydroxyl groups excluding tert-OH is 1. The van der Waals surface area contributed by atoms with Gasteiger partial charge in [-0.2, -0.15) is 0 Å². The number of carbonyl (C=O) groups is 2. The van der Waals surface area contributed by atoms with E-state index in [-0.39, 0.29) is 16.5 Å². The van der Waals surface area contributed by atoms with E-state index >= 15 is 0 Å². The lowest BCUT2D eigenvalue weighted by Crippen LogP contribution is -2.31. The Labute approximate surface area is 217 Å². The molecule has 0 aliphatic carbocycles. The highest BCUT2D eigenvalue weighted by atomic mass is 32.2. The average molecular weight is 540 g/mol. The monoisotopic (exact) mass is 539 g/mol. The first-order chi connectivity index (χ1) is 17.5. The summed E-state index contributed by atoms with van der Waals surface area (Å²) in [6, 6.07) is 15.9. The third-order valence-electron chi connectivity index (χ3n) is 5.52. The molecule has 4 aromatic rings. The number of aromatic nitrogens is 2. The van der Waals surface area contributed by atoms with Crippen LogP contribution in [0.3, 0.4) is 0 Å². The van der Waals surface area contributed by atoms with Gasteiger partial charge in [0, 0.05) is 5.75 Å². The van der Waals surface area contributed by atoms with Gasteiger partial charge in [0.2, 0.25) is 10.9 Å². The summed E-state index contributed by atoms with van der Waals surface area (Å²) in [4.78, 5) is 28.3. The number of halogens is 1. The number of Topliss-reactive ketones (excluding diaryl/α,β-unsaturated/α-hetero) is 1. The molecule has 1 N–H and O–H groups in total. The maximum Gasteiger partial charge on any atom is 0.296 e. The van der Waals surface area contributed by atoms with Gasteiger partial charge in [-0.3, -0.25) is 14.5 Å². The van der Waals surface area contributed by atoms with Gasteiger partial charge in [-0.25, -0.2) is 4.39 Å². The summed E-state index contributed by atoms with van der Waals surface area (Å²) in [7, 11) is 1.52. The molecule has 2 aromatic carbocycles. The number of aliphatic hydroxyl groups is 1. The molecule has 7 nitrogen and oxygen atoms in total. The van der Waals surface area contributed by atoms with E-state index in [2.05, 4.69) is 10.2 Å². The molecule has 0 radical (unpaired) electrons. The van der Waals surface area contributed by atoms with Crippen LogP contribution in [0.25, 0.3) is 0 Å². The van der Waals surface area contributed by atoms with Crippen molar-refractivity contribution in [2.24, 2.45) is 0 Å². The number of benzene rings is 2. The van der Waals surface area contributed by atoms with Gasteiger partial charge in [-0.1, -0.05) is 59.5 Å². The first-order valence-electron chi connectivity index (χ1n) is 10.7. The number of hydrogen-bond acceptors (Lipinski definition) is 9. The molecule has 0 fully saturated rings. The highest BCUT2D eigenvalue weighted by molar-refractivity contribution is 8.00. The lowest BCUT2D eigenvalue weighted by molar-refractivity contribution is -0.117. The van der Waals surface area contributed by atoms with Crippen LogP contribution in [0, 0.1) is 5.82 Å². The summed E-state index contributed by atoms with van der Waals surface area (Å²) < 4.78 is 19.9. The molecule has 5 rings (SSSR count). The Morgan fingerprint density at radius 2 is 2.00 bits per heavy atom. The number of thiophene rings is 1. The molecular formula is C25H18FN3O4S3. The fourth-order valence-electron chi connectivity index (χ4n) is 3.82. The molecule has 0 bridgehead atoms. The highest BCUT2D eigenvalue weighted by Gasteiger charge is 2.46. The minimum Gasteiger partial charge on any atom is -0.503 e. The first-order valence-corrected chi connectivity index (χ1v) is 13.3. The maximum atomic E-state index is 14.0.